The number of nitrogens with zero attached hydrogens (tertiary/aromatic N) is 4. The van der Waals surface area contributed by atoms with Gasteiger partial charge in [-0.2, -0.15) is 0 Å². The number of sulfone groups is 2. The molecule has 24 heteroatoms. The molecule has 2 saturated carbocycles. The lowest BCUT2D eigenvalue weighted by Crippen LogP contribution is -2.43. The summed E-state index contributed by atoms with van der Waals surface area (Å²) in [5.74, 6) is 0.684. The maximum Gasteiger partial charge on any atom is 0.407 e. The molecule has 0 bridgehead atoms. The number of benzene rings is 2. The number of aliphatic hydroxyl groups is 1. The monoisotopic (exact) mass is 1160 g/mol. The summed E-state index contributed by atoms with van der Waals surface area (Å²) in [6, 6.07) is 16.8. The van der Waals surface area contributed by atoms with Crippen LogP contribution < -0.4 is 26.0 Å². The van der Waals surface area contributed by atoms with E-state index in [-0.39, 0.29) is 79.0 Å². The largest absolute Gasteiger partial charge is 0.478 e. The molecule has 0 spiro atoms. The number of aliphatic hydroxyl groups excluding tert-OH is 1. The Balaban J connectivity index is 0.677. The Morgan fingerprint density at radius 2 is 1.24 bits per heavy atom. The van der Waals surface area contributed by atoms with Crippen molar-refractivity contribution in [3.8, 4) is 26.8 Å². The van der Waals surface area contributed by atoms with Crippen molar-refractivity contribution in [1.82, 2.24) is 30.6 Å². The number of rotatable bonds is 22. The molecule has 422 valence electrons. The van der Waals surface area contributed by atoms with E-state index in [1.54, 1.807) is 55.0 Å². The zero-order valence-electron chi connectivity index (χ0n) is 44.0. The van der Waals surface area contributed by atoms with E-state index < -0.39 is 48.5 Å². The lowest BCUT2D eigenvalue weighted by Gasteiger charge is -2.30. The third kappa shape index (κ3) is 13.9. The fourth-order valence-electron chi connectivity index (χ4n) is 9.99. The van der Waals surface area contributed by atoms with Gasteiger partial charge in [0.1, 0.15) is 22.1 Å². The van der Waals surface area contributed by atoms with Gasteiger partial charge in [0.25, 0.3) is 0 Å². The second-order valence-corrected chi connectivity index (χ2v) is 27.3. The average Bonchev–Trinajstić information content (AvgIpc) is 4.12. The number of carbonyl (C=O) groups is 1. The molecule has 0 radical (unpaired) electrons. The smallest absolute Gasteiger partial charge is 0.407 e. The summed E-state index contributed by atoms with van der Waals surface area (Å²) in [4.78, 5) is 32.1. The summed E-state index contributed by atoms with van der Waals surface area (Å²) < 4.78 is 96.7. The molecule has 2 unspecified atom stereocenters. The molecule has 4 aromatic heterocycles. The molecule has 79 heavy (non-hydrogen) atoms. The van der Waals surface area contributed by atoms with Crippen LogP contribution in [0.4, 0.5) is 32.1 Å². The maximum absolute atomic E-state index is 14.0. The Labute approximate surface area is 467 Å². The quantitative estimate of drug-likeness (QED) is 0.0397. The number of alkyl carbamates (subject to hydrolysis) is 1. The minimum Gasteiger partial charge on any atom is -0.478 e. The van der Waals surface area contributed by atoms with E-state index in [2.05, 4.69) is 31.2 Å². The van der Waals surface area contributed by atoms with Crippen LogP contribution in [0.15, 0.2) is 95.2 Å². The number of thiazole rings is 2. The van der Waals surface area contributed by atoms with Crippen LogP contribution in [0.1, 0.15) is 100 Å². The van der Waals surface area contributed by atoms with Crippen molar-refractivity contribution in [2.75, 3.05) is 43.7 Å². The molecule has 2 aromatic carbocycles. The number of ether oxygens (including phenoxy) is 5. The van der Waals surface area contributed by atoms with Crippen LogP contribution >= 0.6 is 22.7 Å². The zero-order chi connectivity index (χ0) is 55.3. The van der Waals surface area contributed by atoms with E-state index in [1.165, 1.54) is 34.8 Å². The van der Waals surface area contributed by atoms with Gasteiger partial charge < -0.3 is 44.7 Å². The van der Waals surface area contributed by atoms with Crippen LogP contribution in [0.3, 0.4) is 0 Å². The summed E-state index contributed by atoms with van der Waals surface area (Å²) in [6.45, 7) is 6.32. The first-order valence-corrected chi connectivity index (χ1v) is 31.4. The fourth-order valence-corrected chi connectivity index (χ4v) is 15.7. The predicted molar refractivity (Wildman–Crippen MR) is 298 cm³/mol. The summed E-state index contributed by atoms with van der Waals surface area (Å²) in [5.41, 5.74) is 2.87. The van der Waals surface area contributed by atoms with Crippen LogP contribution in [0, 0.1) is 5.82 Å². The normalized spacial score (nSPS) is 20.9. The Morgan fingerprint density at radius 1 is 0.684 bits per heavy atom. The highest BCUT2D eigenvalue weighted by atomic mass is 32.2. The van der Waals surface area contributed by atoms with Gasteiger partial charge in [0, 0.05) is 71.3 Å². The van der Waals surface area contributed by atoms with Gasteiger partial charge in [-0.25, -0.2) is 46.0 Å². The molecule has 1 amide bonds. The second-order valence-electron chi connectivity index (χ2n) is 20.8. The topological polar surface area (TPSA) is 251 Å². The molecule has 4 fully saturated rings. The number of anilines is 4. The van der Waals surface area contributed by atoms with Crippen LogP contribution in [0.25, 0.3) is 20.9 Å². The molecule has 2 atom stereocenters. The highest BCUT2D eigenvalue weighted by Crippen LogP contribution is 2.43. The lowest BCUT2D eigenvalue weighted by atomic mass is 9.86. The molecule has 5 N–H and O–H groups in total. The van der Waals surface area contributed by atoms with E-state index in [1.807, 2.05) is 32.9 Å². The molecule has 6 heterocycles. The summed E-state index contributed by atoms with van der Waals surface area (Å²) >= 11 is 2.99. The summed E-state index contributed by atoms with van der Waals surface area (Å²) in [6.07, 6.45) is 11.1. The molecule has 2 saturated heterocycles. The fraction of sp³-hybridized carbons (Fsp3) is 0.473. The highest BCUT2D eigenvalue weighted by Gasteiger charge is 2.38. The van der Waals surface area contributed by atoms with Crippen molar-refractivity contribution in [2.24, 2.45) is 0 Å². The number of nitrogens with one attached hydrogen (secondary N) is 4. The standard InChI is InChI=1S/C55H65FN8O11S4/c1-32(2)74-54(65)63-37-9-4-34(5-10-37)52-59-26-46(76-52)44-16-13-39(22-48(44)78(67,68)42-28-71-29-42)61-41-15-19-51(58-25-41)73-21-20-33(3)75-55(66)64-38-11-6-35(7-12-38)53-60-27-47(77-53)45-17-14-40(62-50-18-8-36(56)24-57-50)23-49(45)79(69,70)43-30-72-31-43/h8,13-19,22-27,32-35,37-38,42-43,55,61,64,66H,4-7,9-12,20-21,28-31H2,1-3H3,(H,57,62)(H,63,65). The van der Waals surface area contributed by atoms with Gasteiger partial charge in [-0.15, -0.1) is 22.7 Å². The van der Waals surface area contributed by atoms with Crippen molar-refractivity contribution in [3.63, 3.8) is 0 Å². The summed E-state index contributed by atoms with van der Waals surface area (Å²) in [5, 5.41) is 24.0. The zero-order valence-corrected chi connectivity index (χ0v) is 47.3. The Kier molecular flexibility index (Phi) is 17.9. The third-order valence-electron chi connectivity index (χ3n) is 14.6. The lowest BCUT2D eigenvalue weighted by molar-refractivity contribution is -0.158. The Bertz CT molecular complexity index is 3270. The number of aromatic nitrogens is 4. The maximum atomic E-state index is 14.0. The second kappa shape index (κ2) is 25.0. The van der Waals surface area contributed by atoms with Crippen LogP contribution in [-0.2, 0) is 38.6 Å². The van der Waals surface area contributed by atoms with Gasteiger partial charge >= 0.3 is 6.09 Å². The summed E-state index contributed by atoms with van der Waals surface area (Å²) in [7, 11) is -7.48. The van der Waals surface area contributed by atoms with Crippen molar-refractivity contribution in [1.29, 1.82) is 0 Å². The number of pyridine rings is 2. The van der Waals surface area contributed by atoms with E-state index >= 15 is 0 Å². The van der Waals surface area contributed by atoms with Crippen molar-refractivity contribution >= 4 is 71.3 Å². The molecule has 2 aliphatic carbocycles. The number of hydrogen-bond acceptors (Lipinski definition) is 20. The van der Waals surface area contributed by atoms with Crippen molar-refractivity contribution < 1.29 is 54.8 Å². The van der Waals surface area contributed by atoms with Crippen LogP contribution in [0.5, 0.6) is 5.88 Å². The molecular weight excluding hydrogens is 1100 g/mol. The highest BCUT2D eigenvalue weighted by molar-refractivity contribution is 7.92. The molecule has 10 rings (SSSR count). The van der Waals surface area contributed by atoms with E-state index in [0.29, 0.717) is 46.3 Å². The number of amides is 1. The first kappa shape index (κ1) is 56.6. The number of halogens is 1. The van der Waals surface area contributed by atoms with Gasteiger partial charge in [-0.1, -0.05) is 12.1 Å². The van der Waals surface area contributed by atoms with Crippen molar-refractivity contribution in [3.05, 3.63) is 101 Å². The first-order valence-electron chi connectivity index (χ1n) is 26.7. The van der Waals surface area contributed by atoms with E-state index in [0.717, 1.165) is 77.3 Å². The van der Waals surface area contributed by atoms with Gasteiger partial charge in [-0.3, -0.25) is 5.32 Å². The average molecular weight is 1160 g/mol. The van der Waals surface area contributed by atoms with Crippen molar-refractivity contribution in [2.45, 2.75) is 141 Å². The molecule has 6 aromatic rings. The van der Waals surface area contributed by atoms with E-state index in [4.69, 9.17) is 33.7 Å². The Morgan fingerprint density at radius 3 is 1.75 bits per heavy atom. The third-order valence-corrected chi connectivity index (χ3v) is 21.2. The van der Waals surface area contributed by atoms with Gasteiger partial charge in [0.15, 0.2) is 19.7 Å². The van der Waals surface area contributed by atoms with Gasteiger partial charge in [0.2, 0.25) is 12.3 Å². The minimum absolute atomic E-state index is 0.0238. The first-order chi connectivity index (χ1) is 38.0. The van der Waals surface area contributed by atoms with Crippen LogP contribution in [0.2, 0.25) is 0 Å². The molecule has 4 aliphatic rings. The van der Waals surface area contributed by atoms with E-state index in [9.17, 15) is 31.1 Å². The molecule has 2 aliphatic heterocycles. The Hall–Kier alpha value is -5.70. The SMILES string of the molecule is CC(C)OC(=O)NC1CCC(c2ncc(-c3ccc(Nc4ccc(OCCC(C)OC(O)NC5CCC(c6ncc(-c7ccc(Nc8ccc(F)cn8)cc7S(=O)(=O)C7COC7)s6)CC5)nc4)cc3S(=O)(=O)C3COC3)s2)CC1. The number of carbonyl (C=O) groups excluding carboxylic acids is 1. The molecule has 19 nitrogen and oxygen atoms in total. The molecular formula is C55H65FN8O11S4. The predicted octanol–water partition coefficient (Wildman–Crippen LogP) is 9.62. The van der Waals surface area contributed by atoms with Gasteiger partial charge in [-0.05, 0) is 115 Å². The number of hydrogen-bond donors (Lipinski definition) is 5. The minimum atomic E-state index is -3.74. The van der Waals surface area contributed by atoms with Crippen LogP contribution in [-0.4, -0.2) is 122 Å². The van der Waals surface area contributed by atoms with Gasteiger partial charge in [0.05, 0.1) is 92.9 Å².